The van der Waals surface area contributed by atoms with Crippen LogP contribution in [0.15, 0.2) is 28.9 Å². The molecule has 1 saturated heterocycles. The summed E-state index contributed by atoms with van der Waals surface area (Å²) in [6.07, 6.45) is 4.99. The van der Waals surface area contributed by atoms with Crippen molar-refractivity contribution in [1.29, 1.82) is 0 Å². The molecule has 1 saturated carbocycles. The van der Waals surface area contributed by atoms with E-state index in [0.29, 0.717) is 30.5 Å². The van der Waals surface area contributed by atoms with Gasteiger partial charge in [-0.1, -0.05) is 32.3 Å². The first-order chi connectivity index (χ1) is 15.6. The van der Waals surface area contributed by atoms with E-state index in [1.807, 2.05) is 11.9 Å². The summed E-state index contributed by atoms with van der Waals surface area (Å²) in [7, 11) is 2.02. The Kier molecular flexibility index (Phi) is 10.1. The number of nitrogens with two attached hydrogens (primary N) is 1. The minimum atomic E-state index is -0.721. The first-order valence-corrected chi connectivity index (χ1v) is 11.4. The second-order valence-electron chi connectivity index (χ2n) is 9.06. The van der Waals surface area contributed by atoms with E-state index in [1.54, 1.807) is 0 Å². The summed E-state index contributed by atoms with van der Waals surface area (Å²) in [4.78, 5) is 31.7. The van der Waals surface area contributed by atoms with Crippen molar-refractivity contribution in [2.24, 2.45) is 22.6 Å². The number of carbonyl (C=O) groups excluding carboxylic acids is 2. The van der Waals surface area contributed by atoms with E-state index in [0.717, 1.165) is 32.2 Å². The molecule has 1 aliphatic carbocycles. The fraction of sp³-hybridized carbons (Fsp3) is 0.682. The number of nitrogens with zero attached hydrogens (tertiary/aromatic N) is 4. The van der Waals surface area contributed by atoms with Gasteiger partial charge in [0.15, 0.2) is 11.6 Å². The molecule has 0 aromatic carbocycles. The van der Waals surface area contributed by atoms with Gasteiger partial charge in [-0.25, -0.2) is 14.4 Å². The van der Waals surface area contributed by atoms with Gasteiger partial charge >= 0.3 is 0 Å². The van der Waals surface area contributed by atoms with Gasteiger partial charge in [-0.05, 0) is 33.2 Å². The van der Waals surface area contributed by atoms with Crippen LogP contribution in [-0.4, -0.2) is 77.5 Å². The average molecular weight is 468 g/mol. The van der Waals surface area contributed by atoms with Gasteiger partial charge < -0.3 is 15.5 Å². The molecule has 2 rings (SSSR count). The highest BCUT2D eigenvalue weighted by Crippen LogP contribution is 2.30. The van der Waals surface area contributed by atoms with Gasteiger partial charge in [0, 0.05) is 25.7 Å². The summed E-state index contributed by atoms with van der Waals surface area (Å²) >= 11 is 0. The first kappa shape index (κ1) is 26.6. The van der Waals surface area contributed by atoms with Crippen LogP contribution in [0.5, 0.6) is 0 Å². The minimum Gasteiger partial charge on any atom is -0.387 e. The standard InChI is InChI=1S/C22H38FN7O3/c1-15-12-29(10-9-28(15)4)16(2)20(23)21(25-17(3)24)26-27-22(32)19(13-30(33)14-31)11-18-7-5-6-8-18/h14-15,18-19,26,33H,2,5-13H2,1,3-4H3,(H2,24,25)(H,27,32)/b21-20-/t15-,19+/m0/s1. The lowest BCUT2D eigenvalue weighted by atomic mass is 9.92. The van der Waals surface area contributed by atoms with Crippen molar-refractivity contribution in [3.05, 3.63) is 23.9 Å². The summed E-state index contributed by atoms with van der Waals surface area (Å²) in [6, 6.07) is 0.231. The summed E-state index contributed by atoms with van der Waals surface area (Å²) in [5.41, 5.74) is 10.8. The van der Waals surface area contributed by atoms with Crippen LogP contribution in [0.2, 0.25) is 0 Å². The third-order valence-electron chi connectivity index (χ3n) is 6.39. The number of likely N-dealkylation sites (N-methyl/N-ethyl adjacent to an activating group) is 1. The smallest absolute Gasteiger partial charge is 0.243 e. The zero-order valence-corrected chi connectivity index (χ0v) is 19.9. The van der Waals surface area contributed by atoms with Crippen LogP contribution < -0.4 is 16.6 Å². The number of piperazine rings is 1. The van der Waals surface area contributed by atoms with Crippen molar-refractivity contribution in [1.82, 2.24) is 25.7 Å². The number of rotatable bonds is 11. The molecule has 2 amide bonds. The lowest BCUT2D eigenvalue weighted by molar-refractivity contribution is -0.155. The zero-order valence-electron chi connectivity index (χ0n) is 19.9. The number of hydrogen-bond donors (Lipinski definition) is 4. The van der Waals surface area contributed by atoms with Crippen molar-refractivity contribution < 1.29 is 19.2 Å². The number of halogens is 1. The van der Waals surface area contributed by atoms with Crippen LogP contribution in [0.1, 0.15) is 46.0 Å². The van der Waals surface area contributed by atoms with Crippen LogP contribution in [0.3, 0.4) is 0 Å². The predicted octanol–water partition coefficient (Wildman–Crippen LogP) is 1.32. The molecule has 2 aliphatic rings. The van der Waals surface area contributed by atoms with E-state index >= 15 is 4.39 Å². The van der Waals surface area contributed by atoms with Crippen LogP contribution in [0.4, 0.5) is 4.39 Å². The van der Waals surface area contributed by atoms with Crippen molar-refractivity contribution >= 4 is 18.2 Å². The molecule has 0 bridgehead atoms. The largest absolute Gasteiger partial charge is 0.387 e. The third kappa shape index (κ3) is 8.01. The Morgan fingerprint density at radius 2 is 2.03 bits per heavy atom. The zero-order chi connectivity index (χ0) is 24.5. The maximum atomic E-state index is 15.3. The number of hydrogen-bond acceptors (Lipinski definition) is 7. The van der Waals surface area contributed by atoms with Gasteiger partial charge in [0.05, 0.1) is 24.0 Å². The molecule has 1 heterocycles. The molecular formula is C22H38FN7O3. The van der Waals surface area contributed by atoms with Gasteiger partial charge in [0.2, 0.25) is 12.3 Å². The van der Waals surface area contributed by atoms with E-state index in [2.05, 4.69) is 34.2 Å². The first-order valence-electron chi connectivity index (χ1n) is 11.4. The Bertz CT molecular complexity index is 763. The molecule has 11 heteroatoms. The SMILES string of the molecule is C=C(/C(F)=C(\N=C(\C)N)NNC(=O)[C@H](CC1CCCC1)CN(O)C=O)N1CCN(C)[C@@H](C)C1. The van der Waals surface area contributed by atoms with Crippen molar-refractivity contribution in [2.75, 3.05) is 33.2 Å². The predicted molar refractivity (Wildman–Crippen MR) is 124 cm³/mol. The second kappa shape index (κ2) is 12.5. The quantitative estimate of drug-likeness (QED) is 0.0901. The van der Waals surface area contributed by atoms with Crippen molar-refractivity contribution in [2.45, 2.75) is 52.0 Å². The Hall–Kier alpha value is -2.66. The lowest BCUT2D eigenvalue weighted by Crippen LogP contribution is -2.49. The van der Waals surface area contributed by atoms with E-state index in [1.165, 1.54) is 6.92 Å². The van der Waals surface area contributed by atoms with Crippen molar-refractivity contribution in [3.8, 4) is 0 Å². The lowest BCUT2D eigenvalue weighted by Gasteiger charge is -2.39. The van der Waals surface area contributed by atoms with Crippen LogP contribution in [0, 0.1) is 11.8 Å². The highest BCUT2D eigenvalue weighted by atomic mass is 19.1. The van der Waals surface area contributed by atoms with Crippen molar-refractivity contribution in [3.63, 3.8) is 0 Å². The van der Waals surface area contributed by atoms with Gasteiger partial charge in [0.1, 0.15) is 0 Å². The fourth-order valence-corrected chi connectivity index (χ4v) is 4.28. The fourth-order valence-electron chi connectivity index (χ4n) is 4.28. The van der Waals surface area contributed by atoms with Gasteiger partial charge in [-0.2, -0.15) is 0 Å². The Morgan fingerprint density at radius 1 is 1.36 bits per heavy atom. The number of hydrazine groups is 1. The summed E-state index contributed by atoms with van der Waals surface area (Å²) in [5.74, 6) is -1.67. The monoisotopic (exact) mass is 467 g/mol. The van der Waals surface area contributed by atoms with Crippen LogP contribution in [0.25, 0.3) is 0 Å². The molecule has 5 N–H and O–H groups in total. The topological polar surface area (TPSA) is 127 Å². The van der Waals surface area contributed by atoms with E-state index in [9.17, 15) is 14.8 Å². The molecule has 1 aliphatic heterocycles. The summed E-state index contributed by atoms with van der Waals surface area (Å²) in [5, 5.41) is 10.1. The maximum Gasteiger partial charge on any atom is 0.243 e. The number of carbonyl (C=O) groups is 2. The molecular weight excluding hydrogens is 429 g/mol. The average Bonchev–Trinajstić information content (AvgIpc) is 3.29. The molecule has 0 aromatic heterocycles. The second-order valence-corrected chi connectivity index (χ2v) is 9.06. The maximum absolute atomic E-state index is 15.3. The normalized spacial score (nSPS) is 21.9. The molecule has 0 aromatic rings. The number of nitrogens with one attached hydrogen (secondary N) is 2. The number of hydroxylamine groups is 2. The van der Waals surface area contributed by atoms with Gasteiger partial charge in [-0.15, -0.1) is 0 Å². The molecule has 33 heavy (non-hydrogen) atoms. The molecule has 186 valence electrons. The Balaban J connectivity index is 2.11. The van der Waals surface area contributed by atoms with E-state index in [4.69, 9.17) is 5.73 Å². The van der Waals surface area contributed by atoms with Gasteiger partial charge in [0.25, 0.3) is 0 Å². The minimum absolute atomic E-state index is 0.103. The van der Waals surface area contributed by atoms with E-state index in [-0.39, 0.29) is 36.4 Å². The van der Waals surface area contributed by atoms with Crippen LogP contribution in [-0.2, 0) is 9.59 Å². The molecule has 10 nitrogen and oxygen atoms in total. The molecule has 0 radical (unpaired) electrons. The van der Waals surface area contributed by atoms with Crippen LogP contribution >= 0.6 is 0 Å². The number of aliphatic imine (C=N–C) groups is 1. The Morgan fingerprint density at radius 3 is 2.61 bits per heavy atom. The molecule has 0 spiro atoms. The number of amides is 2. The van der Waals surface area contributed by atoms with E-state index < -0.39 is 17.7 Å². The number of allylic oxidation sites excluding steroid dienone is 1. The summed E-state index contributed by atoms with van der Waals surface area (Å²) < 4.78 is 15.3. The Labute approximate surface area is 195 Å². The molecule has 2 atom stereocenters. The molecule has 2 fully saturated rings. The third-order valence-corrected chi connectivity index (χ3v) is 6.39. The highest BCUT2D eigenvalue weighted by Gasteiger charge is 2.28. The highest BCUT2D eigenvalue weighted by molar-refractivity contribution is 5.80. The summed E-state index contributed by atoms with van der Waals surface area (Å²) in [6.45, 7) is 9.27. The molecule has 0 unspecified atom stereocenters. The van der Waals surface area contributed by atoms with Gasteiger partial charge in [-0.3, -0.25) is 25.6 Å². The number of amidine groups is 1.